The molecule has 1 fully saturated rings. The van der Waals surface area contributed by atoms with Crippen molar-refractivity contribution in [2.75, 3.05) is 20.3 Å². The molecule has 0 radical (unpaired) electrons. The number of carbonyl (C=O) groups is 1. The molecule has 0 saturated carbocycles. The largest absolute Gasteiger partial charge is 0.456 e. The molecule has 1 saturated heterocycles. The highest BCUT2D eigenvalue weighted by atomic mass is 16.6. The lowest BCUT2D eigenvalue weighted by atomic mass is 9.98. The molecule has 1 heterocycles. The van der Waals surface area contributed by atoms with Crippen molar-refractivity contribution in [3.8, 4) is 0 Å². The van der Waals surface area contributed by atoms with E-state index >= 15 is 0 Å². The summed E-state index contributed by atoms with van der Waals surface area (Å²) in [5, 5.41) is 0. The standard InChI is InChI=1S/C20H31NO4/c1-4-5-15-6-8-16(9-7-15)10-11-17(21)20(22)25-18-13-24-12-14(2)19(18)23-3/h6-9,14,17-19H,4-5,10-13,21H2,1-3H3/t14-,17+,18-,19+/m1/s1. The summed E-state index contributed by atoms with van der Waals surface area (Å²) in [6, 6.07) is 7.88. The van der Waals surface area contributed by atoms with Crippen LogP contribution in [0.15, 0.2) is 24.3 Å². The Morgan fingerprint density at radius 3 is 2.48 bits per heavy atom. The smallest absolute Gasteiger partial charge is 0.323 e. The highest BCUT2D eigenvalue weighted by Gasteiger charge is 2.35. The molecule has 2 rings (SSSR count). The molecule has 0 bridgehead atoms. The minimum atomic E-state index is -0.634. The summed E-state index contributed by atoms with van der Waals surface area (Å²) in [6.07, 6.45) is 3.02. The Morgan fingerprint density at radius 1 is 1.24 bits per heavy atom. The van der Waals surface area contributed by atoms with Crippen molar-refractivity contribution in [3.05, 3.63) is 35.4 Å². The van der Waals surface area contributed by atoms with Crippen molar-refractivity contribution in [1.82, 2.24) is 0 Å². The molecule has 0 amide bonds. The van der Waals surface area contributed by atoms with Crippen LogP contribution in [0.2, 0.25) is 0 Å². The van der Waals surface area contributed by atoms with Gasteiger partial charge < -0.3 is 19.9 Å². The van der Waals surface area contributed by atoms with Crippen LogP contribution in [-0.4, -0.2) is 44.5 Å². The molecule has 1 aliphatic heterocycles. The van der Waals surface area contributed by atoms with Crippen LogP contribution in [0.25, 0.3) is 0 Å². The van der Waals surface area contributed by atoms with Crippen molar-refractivity contribution in [2.24, 2.45) is 11.7 Å². The first-order valence-corrected chi connectivity index (χ1v) is 9.19. The minimum Gasteiger partial charge on any atom is -0.456 e. The highest BCUT2D eigenvalue weighted by molar-refractivity contribution is 5.75. The lowest BCUT2D eigenvalue weighted by molar-refractivity contribution is -0.179. The zero-order valence-corrected chi connectivity index (χ0v) is 15.6. The number of aryl methyl sites for hydroxylation is 2. The summed E-state index contributed by atoms with van der Waals surface area (Å²) in [5.41, 5.74) is 8.55. The van der Waals surface area contributed by atoms with E-state index in [1.165, 1.54) is 11.1 Å². The van der Waals surface area contributed by atoms with Crippen LogP contribution in [0.1, 0.15) is 37.8 Å². The van der Waals surface area contributed by atoms with Crippen LogP contribution in [0.5, 0.6) is 0 Å². The molecule has 140 valence electrons. The molecule has 25 heavy (non-hydrogen) atoms. The van der Waals surface area contributed by atoms with Crippen molar-refractivity contribution in [3.63, 3.8) is 0 Å². The molecule has 1 aromatic rings. The van der Waals surface area contributed by atoms with E-state index in [0.717, 1.165) is 19.3 Å². The van der Waals surface area contributed by atoms with Gasteiger partial charge in [-0.3, -0.25) is 4.79 Å². The van der Waals surface area contributed by atoms with Crippen molar-refractivity contribution in [2.45, 2.75) is 57.8 Å². The monoisotopic (exact) mass is 349 g/mol. The Bertz CT molecular complexity index is 531. The van der Waals surface area contributed by atoms with Gasteiger partial charge in [0.05, 0.1) is 13.2 Å². The van der Waals surface area contributed by atoms with Gasteiger partial charge in [-0.1, -0.05) is 44.5 Å². The zero-order chi connectivity index (χ0) is 18.2. The maximum atomic E-state index is 12.3. The number of rotatable bonds is 8. The van der Waals surface area contributed by atoms with Gasteiger partial charge in [0.1, 0.15) is 12.1 Å². The van der Waals surface area contributed by atoms with Gasteiger partial charge in [0.25, 0.3) is 0 Å². The van der Waals surface area contributed by atoms with Crippen LogP contribution >= 0.6 is 0 Å². The first-order chi connectivity index (χ1) is 12.0. The number of hydrogen-bond donors (Lipinski definition) is 1. The second-order valence-electron chi connectivity index (χ2n) is 6.90. The van der Waals surface area contributed by atoms with Gasteiger partial charge in [-0.15, -0.1) is 0 Å². The van der Waals surface area contributed by atoms with Gasteiger partial charge in [0.15, 0.2) is 6.10 Å². The highest BCUT2D eigenvalue weighted by Crippen LogP contribution is 2.20. The molecule has 1 aliphatic rings. The number of hydrogen-bond acceptors (Lipinski definition) is 5. The Kier molecular flexibility index (Phi) is 7.88. The van der Waals surface area contributed by atoms with Crippen LogP contribution in [0.3, 0.4) is 0 Å². The molecule has 0 aromatic heterocycles. The van der Waals surface area contributed by atoms with Crippen molar-refractivity contribution < 1.29 is 19.0 Å². The molecular formula is C20H31NO4. The van der Waals surface area contributed by atoms with Gasteiger partial charge in [-0.05, 0) is 30.4 Å². The Morgan fingerprint density at radius 2 is 1.88 bits per heavy atom. The predicted octanol–water partition coefficient (Wildman–Crippen LogP) is 2.49. The lowest BCUT2D eigenvalue weighted by Gasteiger charge is -2.35. The topological polar surface area (TPSA) is 70.8 Å². The van der Waals surface area contributed by atoms with E-state index in [1.54, 1.807) is 7.11 Å². The number of nitrogens with two attached hydrogens (primary N) is 1. The normalized spacial score (nSPS) is 24.7. The summed E-state index contributed by atoms with van der Waals surface area (Å²) in [6.45, 7) is 5.17. The Balaban J connectivity index is 1.81. The molecule has 0 aliphatic carbocycles. The average molecular weight is 349 g/mol. The summed E-state index contributed by atoms with van der Waals surface area (Å²) >= 11 is 0. The molecule has 4 atom stereocenters. The summed E-state index contributed by atoms with van der Waals surface area (Å²) < 4.78 is 16.5. The number of esters is 1. The van der Waals surface area contributed by atoms with Crippen LogP contribution < -0.4 is 5.73 Å². The molecule has 1 aromatic carbocycles. The molecule has 5 nitrogen and oxygen atoms in total. The van der Waals surface area contributed by atoms with Crippen LogP contribution in [0, 0.1) is 5.92 Å². The molecule has 5 heteroatoms. The second kappa shape index (κ2) is 9.90. The number of methoxy groups -OCH3 is 1. The average Bonchev–Trinajstić information content (AvgIpc) is 2.61. The number of ether oxygens (including phenoxy) is 3. The number of benzene rings is 1. The minimum absolute atomic E-state index is 0.143. The van der Waals surface area contributed by atoms with E-state index < -0.39 is 6.04 Å². The molecule has 2 N–H and O–H groups in total. The van der Waals surface area contributed by atoms with Gasteiger partial charge in [0, 0.05) is 13.0 Å². The Hall–Kier alpha value is -1.43. The van der Waals surface area contributed by atoms with Gasteiger partial charge in [-0.25, -0.2) is 0 Å². The summed E-state index contributed by atoms with van der Waals surface area (Å²) in [5.74, 6) is -0.193. The molecule has 0 spiro atoms. The van der Waals surface area contributed by atoms with Crippen molar-refractivity contribution >= 4 is 5.97 Å². The summed E-state index contributed by atoms with van der Waals surface area (Å²) in [7, 11) is 1.63. The lowest BCUT2D eigenvalue weighted by Crippen LogP contribution is -2.48. The Labute approximate surface area is 150 Å². The predicted molar refractivity (Wildman–Crippen MR) is 97.4 cm³/mol. The number of carbonyl (C=O) groups excluding carboxylic acids is 1. The third-order valence-corrected chi connectivity index (χ3v) is 4.74. The molecular weight excluding hydrogens is 318 g/mol. The van der Waals surface area contributed by atoms with Crippen LogP contribution in [0.4, 0.5) is 0 Å². The molecule has 0 unspecified atom stereocenters. The van der Waals surface area contributed by atoms with E-state index in [4.69, 9.17) is 19.9 Å². The van der Waals surface area contributed by atoms with E-state index in [0.29, 0.717) is 19.6 Å². The van der Waals surface area contributed by atoms with Gasteiger partial charge in [-0.2, -0.15) is 0 Å². The fourth-order valence-corrected chi connectivity index (χ4v) is 3.25. The van der Waals surface area contributed by atoms with Crippen molar-refractivity contribution in [1.29, 1.82) is 0 Å². The van der Waals surface area contributed by atoms with E-state index in [-0.39, 0.29) is 24.1 Å². The first kappa shape index (κ1) is 19.9. The van der Waals surface area contributed by atoms with Crippen LogP contribution in [-0.2, 0) is 31.8 Å². The van der Waals surface area contributed by atoms with E-state index in [2.05, 4.69) is 31.2 Å². The third kappa shape index (κ3) is 5.80. The first-order valence-electron chi connectivity index (χ1n) is 9.19. The maximum absolute atomic E-state index is 12.3. The quantitative estimate of drug-likeness (QED) is 0.730. The second-order valence-corrected chi connectivity index (χ2v) is 6.90. The maximum Gasteiger partial charge on any atom is 0.323 e. The van der Waals surface area contributed by atoms with E-state index in [9.17, 15) is 4.79 Å². The van der Waals surface area contributed by atoms with Gasteiger partial charge in [0.2, 0.25) is 0 Å². The fraction of sp³-hybridized carbons (Fsp3) is 0.650. The third-order valence-electron chi connectivity index (χ3n) is 4.74. The SMILES string of the molecule is CCCc1ccc(CC[C@H](N)C(=O)O[C@@H]2COC[C@@H](C)[C@@H]2OC)cc1. The van der Waals surface area contributed by atoms with Gasteiger partial charge >= 0.3 is 5.97 Å². The fourth-order valence-electron chi connectivity index (χ4n) is 3.25. The van der Waals surface area contributed by atoms with E-state index in [1.807, 2.05) is 6.92 Å². The zero-order valence-electron chi connectivity index (χ0n) is 15.6. The summed E-state index contributed by atoms with van der Waals surface area (Å²) in [4.78, 5) is 12.3.